The van der Waals surface area contributed by atoms with Crippen LogP contribution in [0.3, 0.4) is 0 Å². The van der Waals surface area contributed by atoms with E-state index in [2.05, 4.69) is 4.72 Å². The summed E-state index contributed by atoms with van der Waals surface area (Å²) in [6, 6.07) is 9.00. The first-order chi connectivity index (χ1) is 9.47. The van der Waals surface area contributed by atoms with Crippen molar-refractivity contribution in [1.29, 1.82) is 0 Å². The van der Waals surface area contributed by atoms with Gasteiger partial charge in [0.2, 0.25) is 0 Å². The topological polar surface area (TPSA) is 102 Å². The van der Waals surface area contributed by atoms with Gasteiger partial charge in [-0.25, -0.2) is 4.79 Å². The molecule has 0 aromatic heterocycles. The third-order valence-corrected chi connectivity index (χ3v) is 3.93. The third kappa shape index (κ3) is 5.16. The molecule has 0 bridgehead atoms. The fourth-order valence-corrected chi connectivity index (χ4v) is 2.15. The maximum atomic E-state index is 11.7. The van der Waals surface area contributed by atoms with E-state index < -0.39 is 16.3 Å². The fourth-order valence-electron chi connectivity index (χ4n) is 1.31. The molecule has 0 aliphatic rings. The zero-order valence-electron chi connectivity index (χ0n) is 11.3. The molecule has 0 atom stereocenters. The summed E-state index contributed by atoms with van der Waals surface area (Å²) in [6.07, 6.45) is -0.444. The van der Waals surface area contributed by atoms with Crippen LogP contribution in [0, 0.1) is 0 Å². The van der Waals surface area contributed by atoms with Gasteiger partial charge in [-0.05, 0) is 18.5 Å². The number of benzene rings is 1. The molecule has 0 saturated carbocycles. The van der Waals surface area contributed by atoms with Crippen molar-refractivity contribution in [2.45, 2.75) is 13.0 Å². The van der Waals surface area contributed by atoms with Gasteiger partial charge in [-0.3, -0.25) is 0 Å². The van der Waals surface area contributed by atoms with E-state index in [1.165, 1.54) is 0 Å². The molecule has 3 N–H and O–H groups in total. The van der Waals surface area contributed by atoms with E-state index in [4.69, 9.17) is 10.5 Å². The zero-order valence-corrected chi connectivity index (χ0v) is 12.1. The van der Waals surface area contributed by atoms with E-state index in [-0.39, 0.29) is 13.2 Å². The molecule has 112 valence electrons. The summed E-state index contributed by atoms with van der Waals surface area (Å²) >= 11 is 0. The van der Waals surface area contributed by atoms with E-state index in [0.29, 0.717) is 17.3 Å². The van der Waals surface area contributed by atoms with Gasteiger partial charge in [0.15, 0.2) is 0 Å². The second kappa shape index (κ2) is 7.83. The predicted molar refractivity (Wildman–Crippen MR) is 75.0 cm³/mol. The second-order valence-corrected chi connectivity index (χ2v) is 5.84. The van der Waals surface area contributed by atoms with Crippen molar-refractivity contribution in [3.8, 4) is 0 Å². The molecule has 1 amide bonds. The Morgan fingerprint density at radius 2 is 2.00 bits per heavy atom. The standard InChI is InChI=1S/C12H19N3O4S/c1-15(20(17,18)14-9-5-8-13)12(16)19-10-11-6-3-2-4-7-11/h2-4,6-7,14H,5,8-10,13H2,1H3. The Kier molecular flexibility index (Phi) is 6.43. The molecular formula is C12H19N3O4S. The van der Waals surface area contributed by atoms with E-state index in [0.717, 1.165) is 12.6 Å². The summed E-state index contributed by atoms with van der Waals surface area (Å²) in [5.41, 5.74) is 6.05. The van der Waals surface area contributed by atoms with E-state index in [1.54, 1.807) is 24.3 Å². The molecule has 0 heterocycles. The molecule has 0 unspecified atom stereocenters. The van der Waals surface area contributed by atoms with Gasteiger partial charge >= 0.3 is 16.3 Å². The van der Waals surface area contributed by atoms with Crippen molar-refractivity contribution in [3.63, 3.8) is 0 Å². The highest BCUT2D eigenvalue weighted by Crippen LogP contribution is 2.04. The highest BCUT2D eigenvalue weighted by Gasteiger charge is 2.23. The molecule has 1 aromatic rings. The molecule has 0 saturated heterocycles. The van der Waals surface area contributed by atoms with Crippen LogP contribution >= 0.6 is 0 Å². The highest BCUT2D eigenvalue weighted by molar-refractivity contribution is 7.87. The summed E-state index contributed by atoms with van der Waals surface area (Å²) in [5, 5.41) is 0. The summed E-state index contributed by atoms with van der Waals surface area (Å²) in [7, 11) is -2.75. The minimum atomic E-state index is -3.88. The van der Waals surface area contributed by atoms with Gasteiger partial charge in [-0.1, -0.05) is 30.3 Å². The van der Waals surface area contributed by atoms with Crippen molar-refractivity contribution in [2.75, 3.05) is 20.1 Å². The lowest BCUT2D eigenvalue weighted by molar-refractivity contribution is 0.123. The van der Waals surface area contributed by atoms with Gasteiger partial charge < -0.3 is 10.5 Å². The SMILES string of the molecule is CN(C(=O)OCc1ccccc1)S(=O)(=O)NCCCN. The van der Waals surface area contributed by atoms with Crippen LogP contribution in [0.2, 0.25) is 0 Å². The number of nitrogens with two attached hydrogens (primary N) is 1. The lowest BCUT2D eigenvalue weighted by Gasteiger charge is -2.17. The van der Waals surface area contributed by atoms with E-state index >= 15 is 0 Å². The Morgan fingerprint density at radius 1 is 1.35 bits per heavy atom. The first-order valence-corrected chi connectivity index (χ1v) is 7.55. The quantitative estimate of drug-likeness (QED) is 0.711. The molecule has 0 radical (unpaired) electrons. The van der Waals surface area contributed by atoms with Crippen LogP contribution < -0.4 is 10.5 Å². The Bertz CT molecular complexity index is 519. The lowest BCUT2D eigenvalue weighted by atomic mass is 10.2. The van der Waals surface area contributed by atoms with Gasteiger partial charge in [-0.2, -0.15) is 17.4 Å². The second-order valence-electron chi connectivity index (χ2n) is 4.05. The van der Waals surface area contributed by atoms with Crippen molar-refractivity contribution in [2.24, 2.45) is 5.73 Å². The van der Waals surface area contributed by atoms with Crippen LogP contribution in [0.15, 0.2) is 30.3 Å². The molecule has 1 rings (SSSR count). The predicted octanol–water partition coefficient (Wildman–Crippen LogP) is 0.438. The largest absolute Gasteiger partial charge is 0.444 e. The van der Waals surface area contributed by atoms with Gasteiger partial charge in [0.05, 0.1) is 0 Å². The summed E-state index contributed by atoms with van der Waals surface area (Å²) < 4.78 is 31.2. The molecule has 20 heavy (non-hydrogen) atoms. The Hall–Kier alpha value is -1.64. The summed E-state index contributed by atoms with van der Waals surface area (Å²) in [6.45, 7) is 0.558. The van der Waals surface area contributed by atoms with Gasteiger partial charge in [0.25, 0.3) is 0 Å². The third-order valence-electron chi connectivity index (χ3n) is 2.49. The average molecular weight is 301 g/mol. The van der Waals surface area contributed by atoms with E-state index in [9.17, 15) is 13.2 Å². The maximum Gasteiger partial charge on any atom is 0.424 e. The van der Waals surface area contributed by atoms with Crippen molar-refractivity contribution in [3.05, 3.63) is 35.9 Å². The Morgan fingerprint density at radius 3 is 2.60 bits per heavy atom. The van der Waals surface area contributed by atoms with Gasteiger partial charge in [0.1, 0.15) is 6.61 Å². The number of hydrogen-bond donors (Lipinski definition) is 2. The van der Waals surface area contributed by atoms with Crippen LogP contribution in [0.1, 0.15) is 12.0 Å². The van der Waals surface area contributed by atoms with E-state index in [1.807, 2.05) is 6.07 Å². The highest BCUT2D eigenvalue weighted by atomic mass is 32.2. The van der Waals surface area contributed by atoms with Crippen molar-refractivity contribution >= 4 is 16.3 Å². The number of rotatable bonds is 7. The fraction of sp³-hybridized carbons (Fsp3) is 0.417. The molecule has 8 heteroatoms. The Labute approximate surface area is 118 Å². The molecule has 1 aromatic carbocycles. The number of amides is 1. The zero-order chi connectivity index (χ0) is 15.0. The number of nitrogens with one attached hydrogen (secondary N) is 1. The maximum absolute atomic E-state index is 11.7. The first-order valence-electron chi connectivity index (χ1n) is 6.11. The minimum Gasteiger partial charge on any atom is -0.444 e. The number of nitrogens with zero attached hydrogens (tertiary/aromatic N) is 1. The normalized spacial score (nSPS) is 11.1. The average Bonchev–Trinajstić information content (AvgIpc) is 2.45. The number of hydrogen-bond acceptors (Lipinski definition) is 5. The van der Waals surface area contributed by atoms with Crippen LogP contribution in [0.4, 0.5) is 4.79 Å². The molecule has 0 spiro atoms. The van der Waals surface area contributed by atoms with Crippen LogP contribution in [0.5, 0.6) is 0 Å². The molecule has 0 fully saturated rings. The molecule has 7 nitrogen and oxygen atoms in total. The van der Waals surface area contributed by atoms with Crippen molar-refractivity contribution < 1.29 is 17.9 Å². The first kappa shape index (κ1) is 16.4. The minimum absolute atomic E-state index is 0.0162. The number of carbonyl (C=O) groups is 1. The molecule has 0 aliphatic carbocycles. The van der Waals surface area contributed by atoms with Gasteiger partial charge in [0, 0.05) is 13.6 Å². The number of carbonyl (C=O) groups excluding carboxylic acids is 1. The Balaban J connectivity index is 2.49. The summed E-state index contributed by atoms with van der Waals surface area (Å²) in [4.78, 5) is 11.7. The lowest BCUT2D eigenvalue weighted by Crippen LogP contribution is -2.42. The van der Waals surface area contributed by atoms with Crippen LogP contribution in [0.25, 0.3) is 0 Å². The monoisotopic (exact) mass is 301 g/mol. The van der Waals surface area contributed by atoms with Gasteiger partial charge in [-0.15, -0.1) is 0 Å². The number of ether oxygens (including phenoxy) is 1. The smallest absolute Gasteiger partial charge is 0.424 e. The molecule has 0 aliphatic heterocycles. The summed E-state index contributed by atoms with van der Waals surface area (Å²) in [5.74, 6) is 0. The molecular weight excluding hydrogens is 282 g/mol. The van der Waals surface area contributed by atoms with Crippen molar-refractivity contribution in [1.82, 2.24) is 9.03 Å². The van der Waals surface area contributed by atoms with Crippen LogP contribution in [-0.2, 0) is 21.6 Å². The van der Waals surface area contributed by atoms with Crippen LogP contribution in [-0.4, -0.2) is 39.0 Å².